The van der Waals surface area contributed by atoms with Crippen LogP contribution in [0.25, 0.3) is 11.4 Å². The molecule has 0 unspecified atom stereocenters. The van der Waals surface area contributed by atoms with E-state index in [9.17, 15) is 4.79 Å². The Kier molecular flexibility index (Phi) is 5.46. The van der Waals surface area contributed by atoms with Crippen molar-refractivity contribution in [3.63, 3.8) is 0 Å². The lowest BCUT2D eigenvalue weighted by atomic mass is 10.2. The van der Waals surface area contributed by atoms with Crippen molar-refractivity contribution >= 4 is 29.0 Å². The number of nitrogens with one attached hydrogen (secondary N) is 2. The summed E-state index contributed by atoms with van der Waals surface area (Å²) >= 11 is 6.22. The summed E-state index contributed by atoms with van der Waals surface area (Å²) in [5, 5.41) is 9.57. The summed E-state index contributed by atoms with van der Waals surface area (Å²) in [7, 11) is 2.99. The minimum absolute atomic E-state index is 0.289. The van der Waals surface area contributed by atoms with E-state index < -0.39 is 6.03 Å². The van der Waals surface area contributed by atoms with Gasteiger partial charge in [0.1, 0.15) is 17.2 Å². The van der Waals surface area contributed by atoms with Gasteiger partial charge in [0.25, 0.3) is 0 Å². The molecule has 27 heavy (non-hydrogen) atoms. The SMILES string of the molecule is COc1cc(Cl)c(NC(=O)Nc2cccc(-c3noc(C)n3)c2)c(OC)c1. The largest absolute Gasteiger partial charge is 0.497 e. The number of rotatable bonds is 5. The number of amides is 2. The molecule has 2 amide bonds. The van der Waals surface area contributed by atoms with E-state index in [2.05, 4.69) is 20.8 Å². The number of carbonyl (C=O) groups is 1. The Balaban J connectivity index is 1.77. The number of ether oxygens (including phenoxy) is 2. The van der Waals surface area contributed by atoms with Crippen LogP contribution in [0.5, 0.6) is 11.5 Å². The smallest absolute Gasteiger partial charge is 0.323 e. The Labute approximate surface area is 160 Å². The number of urea groups is 1. The van der Waals surface area contributed by atoms with Gasteiger partial charge < -0.3 is 24.6 Å². The van der Waals surface area contributed by atoms with Gasteiger partial charge in [-0.3, -0.25) is 0 Å². The lowest BCUT2D eigenvalue weighted by Crippen LogP contribution is -2.20. The van der Waals surface area contributed by atoms with E-state index in [-0.39, 0.29) is 5.02 Å². The minimum Gasteiger partial charge on any atom is -0.497 e. The average molecular weight is 389 g/mol. The number of halogens is 1. The standard InChI is InChI=1S/C18H17ClN4O4/c1-10-20-17(23-27-10)11-5-4-6-12(7-11)21-18(24)22-16-14(19)8-13(25-2)9-15(16)26-3/h4-9H,1-3H3,(H2,21,22,24). The predicted octanol–water partition coefficient (Wildman–Crippen LogP) is 4.36. The molecule has 3 rings (SSSR count). The van der Waals surface area contributed by atoms with Crippen LogP contribution < -0.4 is 20.1 Å². The quantitative estimate of drug-likeness (QED) is 0.673. The normalized spacial score (nSPS) is 10.4. The first-order valence-electron chi connectivity index (χ1n) is 7.90. The summed E-state index contributed by atoms with van der Waals surface area (Å²) in [5.41, 5.74) is 1.60. The summed E-state index contributed by atoms with van der Waals surface area (Å²) in [4.78, 5) is 16.6. The topological polar surface area (TPSA) is 98.5 Å². The van der Waals surface area contributed by atoms with Crippen LogP contribution in [0.15, 0.2) is 40.9 Å². The van der Waals surface area contributed by atoms with Crippen LogP contribution in [-0.4, -0.2) is 30.4 Å². The van der Waals surface area contributed by atoms with Crippen molar-refractivity contribution in [1.82, 2.24) is 10.1 Å². The number of hydrogen-bond acceptors (Lipinski definition) is 6. The predicted molar refractivity (Wildman–Crippen MR) is 102 cm³/mol. The van der Waals surface area contributed by atoms with Gasteiger partial charge in [-0.25, -0.2) is 4.79 Å². The number of carbonyl (C=O) groups excluding carboxylic acids is 1. The molecule has 0 bridgehead atoms. The van der Waals surface area contributed by atoms with E-state index in [4.69, 9.17) is 25.6 Å². The number of hydrogen-bond donors (Lipinski definition) is 2. The van der Waals surface area contributed by atoms with Crippen molar-refractivity contribution in [2.45, 2.75) is 6.92 Å². The number of anilines is 2. The Morgan fingerprint density at radius 2 is 1.96 bits per heavy atom. The zero-order valence-electron chi connectivity index (χ0n) is 14.9. The highest BCUT2D eigenvalue weighted by Gasteiger charge is 2.14. The lowest BCUT2D eigenvalue weighted by Gasteiger charge is -2.14. The molecule has 0 aliphatic heterocycles. The van der Waals surface area contributed by atoms with Gasteiger partial charge in [-0.05, 0) is 12.1 Å². The second-order valence-electron chi connectivity index (χ2n) is 5.48. The van der Waals surface area contributed by atoms with Crippen LogP contribution in [0.2, 0.25) is 5.02 Å². The van der Waals surface area contributed by atoms with Gasteiger partial charge in [0.05, 0.1) is 19.2 Å². The molecule has 9 heteroatoms. The third-order valence-electron chi connectivity index (χ3n) is 3.63. The van der Waals surface area contributed by atoms with Crippen LogP contribution in [0.4, 0.5) is 16.2 Å². The molecule has 0 saturated carbocycles. The van der Waals surface area contributed by atoms with Gasteiger partial charge in [0.15, 0.2) is 0 Å². The first-order chi connectivity index (χ1) is 13.0. The highest BCUT2D eigenvalue weighted by Crippen LogP contribution is 2.36. The summed E-state index contributed by atoms with van der Waals surface area (Å²) in [6.07, 6.45) is 0. The van der Waals surface area contributed by atoms with Crippen LogP contribution in [0, 0.1) is 6.92 Å². The zero-order valence-corrected chi connectivity index (χ0v) is 15.6. The summed E-state index contributed by atoms with van der Waals surface area (Å²) < 4.78 is 15.4. The monoisotopic (exact) mass is 388 g/mol. The molecule has 3 aromatic rings. The van der Waals surface area contributed by atoms with Gasteiger partial charge in [0.2, 0.25) is 11.7 Å². The van der Waals surface area contributed by atoms with Crippen molar-refractivity contribution in [2.75, 3.05) is 24.9 Å². The lowest BCUT2D eigenvalue weighted by molar-refractivity contribution is 0.262. The van der Waals surface area contributed by atoms with E-state index in [0.29, 0.717) is 40.2 Å². The second kappa shape index (κ2) is 7.96. The second-order valence-corrected chi connectivity index (χ2v) is 5.89. The molecular weight excluding hydrogens is 372 g/mol. The molecule has 0 saturated heterocycles. The highest BCUT2D eigenvalue weighted by molar-refractivity contribution is 6.34. The van der Waals surface area contributed by atoms with Crippen LogP contribution >= 0.6 is 11.6 Å². The van der Waals surface area contributed by atoms with Gasteiger partial charge in [-0.2, -0.15) is 4.98 Å². The number of methoxy groups -OCH3 is 2. The third-order valence-corrected chi connectivity index (χ3v) is 3.93. The highest BCUT2D eigenvalue weighted by atomic mass is 35.5. The third kappa shape index (κ3) is 4.29. The van der Waals surface area contributed by atoms with Gasteiger partial charge >= 0.3 is 6.03 Å². The number of nitrogens with zero attached hydrogens (tertiary/aromatic N) is 2. The maximum atomic E-state index is 12.4. The fraction of sp³-hybridized carbons (Fsp3) is 0.167. The van der Waals surface area contributed by atoms with E-state index in [1.807, 2.05) is 6.07 Å². The first kappa shape index (κ1) is 18.5. The van der Waals surface area contributed by atoms with Crippen molar-refractivity contribution < 1.29 is 18.8 Å². The fourth-order valence-corrected chi connectivity index (χ4v) is 2.63. The molecule has 1 heterocycles. The maximum Gasteiger partial charge on any atom is 0.323 e. The van der Waals surface area contributed by atoms with E-state index in [1.165, 1.54) is 14.2 Å². The molecule has 1 aromatic heterocycles. The molecule has 0 atom stereocenters. The molecule has 2 N–H and O–H groups in total. The van der Waals surface area contributed by atoms with Gasteiger partial charge in [-0.15, -0.1) is 0 Å². The van der Waals surface area contributed by atoms with Gasteiger partial charge in [0, 0.05) is 30.3 Å². The Hall–Kier alpha value is -3.26. The molecule has 0 spiro atoms. The Bertz CT molecular complexity index is 974. The molecular formula is C18H17ClN4O4. The van der Waals surface area contributed by atoms with Crippen molar-refractivity contribution in [2.24, 2.45) is 0 Å². The number of aryl methyl sites for hydroxylation is 1. The van der Waals surface area contributed by atoms with Crippen molar-refractivity contribution in [3.05, 3.63) is 47.3 Å². The molecule has 8 nitrogen and oxygen atoms in total. The van der Waals surface area contributed by atoms with E-state index in [0.717, 1.165) is 0 Å². The van der Waals surface area contributed by atoms with Crippen molar-refractivity contribution in [1.29, 1.82) is 0 Å². The van der Waals surface area contributed by atoms with E-state index >= 15 is 0 Å². The summed E-state index contributed by atoms with van der Waals surface area (Å²) in [5.74, 6) is 1.80. The van der Waals surface area contributed by atoms with Crippen LogP contribution in [-0.2, 0) is 0 Å². The molecule has 0 radical (unpaired) electrons. The van der Waals surface area contributed by atoms with Gasteiger partial charge in [-0.1, -0.05) is 28.9 Å². The number of aromatic nitrogens is 2. The molecule has 2 aromatic carbocycles. The summed E-state index contributed by atoms with van der Waals surface area (Å²) in [6, 6.07) is 9.79. The van der Waals surface area contributed by atoms with Crippen LogP contribution in [0.1, 0.15) is 5.89 Å². The zero-order chi connectivity index (χ0) is 19.4. The molecule has 0 aliphatic carbocycles. The summed E-state index contributed by atoms with van der Waals surface area (Å²) in [6.45, 7) is 1.71. The Morgan fingerprint density at radius 3 is 2.63 bits per heavy atom. The van der Waals surface area contributed by atoms with E-state index in [1.54, 1.807) is 37.3 Å². The average Bonchev–Trinajstić information content (AvgIpc) is 3.09. The molecule has 0 fully saturated rings. The first-order valence-corrected chi connectivity index (χ1v) is 8.28. The molecule has 140 valence electrons. The molecule has 0 aliphatic rings. The van der Waals surface area contributed by atoms with Crippen LogP contribution in [0.3, 0.4) is 0 Å². The minimum atomic E-state index is -0.484. The Morgan fingerprint density at radius 1 is 1.15 bits per heavy atom. The van der Waals surface area contributed by atoms with Crippen molar-refractivity contribution in [3.8, 4) is 22.9 Å². The number of benzene rings is 2. The fourth-order valence-electron chi connectivity index (χ4n) is 2.39. The maximum absolute atomic E-state index is 12.4.